The molecule has 2 saturated heterocycles. The first-order valence-corrected chi connectivity index (χ1v) is 9.68. The summed E-state index contributed by atoms with van der Waals surface area (Å²) in [6.07, 6.45) is 4.31. The highest BCUT2D eigenvalue weighted by Crippen LogP contribution is 2.60. The van der Waals surface area contributed by atoms with Gasteiger partial charge < -0.3 is 15.2 Å². The number of aliphatic hydroxyl groups is 1. The lowest BCUT2D eigenvalue weighted by atomic mass is 9.56. The molecule has 2 bridgehead atoms. The number of benzene rings is 1. The molecule has 0 unspecified atom stereocenters. The summed E-state index contributed by atoms with van der Waals surface area (Å²) < 4.78 is 5.15. The number of carbonyl (C=O) groups excluding carboxylic acids is 1. The molecule has 0 amide bonds. The van der Waals surface area contributed by atoms with E-state index in [1.807, 2.05) is 0 Å². The van der Waals surface area contributed by atoms with Crippen LogP contribution in [0.2, 0.25) is 0 Å². The van der Waals surface area contributed by atoms with Crippen molar-refractivity contribution in [3.63, 3.8) is 0 Å². The van der Waals surface area contributed by atoms with Crippen molar-refractivity contribution in [1.82, 2.24) is 4.90 Å². The summed E-state index contributed by atoms with van der Waals surface area (Å²) in [5.41, 5.74) is 4.15. The van der Waals surface area contributed by atoms with E-state index < -0.39 is 0 Å². The van der Waals surface area contributed by atoms with Crippen molar-refractivity contribution < 1.29 is 14.6 Å². The maximum atomic E-state index is 11.1. The molecule has 138 valence electrons. The van der Waals surface area contributed by atoms with E-state index in [2.05, 4.69) is 40.6 Å². The second kappa shape index (κ2) is 5.83. The van der Waals surface area contributed by atoms with E-state index in [-0.39, 0.29) is 30.0 Å². The maximum absolute atomic E-state index is 11.1. The third-order valence-corrected chi connectivity index (χ3v) is 7.27. The van der Waals surface area contributed by atoms with Crippen molar-refractivity contribution >= 4 is 11.7 Å². The lowest BCUT2D eigenvalue weighted by Gasteiger charge is -2.54. The van der Waals surface area contributed by atoms with Gasteiger partial charge in [-0.15, -0.1) is 0 Å². The van der Waals surface area contributed by atoms with E-state index in [4.69, 9.17) is 4.74 Å². The van der Waals surface area contributed by atoms with Crippen molar-refractivity contribution in [1.29, 1.82) is 0 Å². The van der Waals surface area contributed by atoms with Crippen LogP contribution in [0.25, 0.3) is 0 Å². The molecule has 1 spiro atoms. The minimum Gasteiger partial charge on any atom is -0.462 e. The van der Waals surface area contributed by atoms with Gasteiger partial charge in [-0.05, 0) is 43.0 Å². The Morgan fingerprint density at radius 1 is 1.46 bits per heavy atom. The van der Waals surface area contributed by atoms with Crippen molar-refractivity contribution in [2.45, 2.75) is 37.3 Å². The van der Waals surface area contributed by atoms with Gasteiger partial charge in [0.15, 0.2) is 0 Å². The van der Waals surface area contributed by atoms with Gasteiger partial charge in [0.05, 0.1) is 0 Å². The predicted octanol–water partition coefficient (Wildman–Crippen LogP) is 1.92. The molecule has 4 aliphatic rings. The number of rotatable bonds is 3. The van der Waals surface area contributed by atoms with Crippen LogP contribution in [0.3, 0.4) is 0 Å². The number of nitrogens with one attached hydrogen (secondary N) is 1. The number of esters is 1. The van der Waals surface area contributed by atoms with Crippen LogP contribution in [0.4, 0.5) is 5.69 Å². The molecule has 26 heavy (non-hydrogen) atoms. The number of piperidine rings is 1. The first-order valence-electron chi connectivity index (χ1n) is 9.68. The van der Waals surface area contributed by atoms with Gasteiger partial charge in [-0.3, -0.25) is 9.69 Å². The number of fused-ring (bicyclic) bond motifs is 2. The van der Waals surface area contributed by atoms with Crippen LogP contribution in [0.5, 0.6) is 0 Å². The Kier molecular flexibility index (Phi) is 3.66. The van der Waals surface area contributed by atoms with Crippen LogP contribution in [0.15, 0.2) is 35.9 Å². The Morgan fingerprint density at radius 2 is 2.31 bits per heavy atom. The number of carbonyl (C=O) groups is 1. The summed E-state index contributed by atoms with van der Waals surface area (Å²) in [6.45, 7) is 3.99. The number of hydrogen-bond acceptors (Lipinski definition) is 5. The van der Waals surface area contributed by atoms with Crippen molar-refractivity contribution in [2.75, 3.05) is 31.6 Å². The average molecular weight is 354 g/mol. The Morgan fingerprint density at radius 3 is 3.12 bits per heavy atom. The van der Waals surface area contributed by atoms with Crippen LogP contribution in [0, 0.1) is 11.8 Å². The molecular weight excluding hydrogens is 328 g/mol. The molecular formula is C21H26N2O3. The van der Waals surface area contributed by atoms with Crippen LogP contribution in [0.1, 0.15) is 25.3 Å². The molecule has 5 nitrogen and oxygen atoms in total. The van der Waals surface area contributed by atoms with Gasteiger partial charge in [0, 0.05) is 49.2 Å². The summed E-state index contributed by atoms with van der Waals surface area (Å²) in [4.78, 5) is 13.7. The summed E-state index contributed by atoms with van der Waals surface area (Å²) in [5.74, 6) is 0.309. The maximum Gasteiger partial charge on any atom is 0.302 e. The molecule has 5 rings (SSSR count). The number of nitrogens with zero attached hydrogens (tertiary/aromatic N) is 1. The van der Waals surface area contributed by atoms with E-state index in [0.717, 1.165) is 25.9 Å². The molecule has 3 aliphatic heterocycles. The van der Waals surface area contributed by atoms with E-state index in [1.54, 1.807) is 0 Å². The van der Waals surface area contributed by atoms with Gasteiger partial charge >= 0.3 is 5.97 Å². The fourth-order valence-corrected chi connectivity index (χ4v) is 6.31. The normalized spacial score (nSPS) is 38.6. The van der Waals surface area contributed by atoms with E-state index in [1.165, 1.54) is 23.7 Å². The minimum atomic E-state index is -0.244. The van der Waals surface area contributed by atoms with Crippen molar-refractivity contribution in [3.05, 3.63) is 41.5 Å². The highest BCUT2D eigenvalue weighted by Gasteiger charge is 2.65. The summed E-state index contributed by atoms with van der Waals surface area (Å²) in [6, 6.07) is 9.51. The van der Waals surface area contributed by atoms with Crippen molar-refractivity contribution in [3.8, 4) is 0 Å². The van der Waals surface area contributed by atoms with Crippen LogP contribution in [-0.4, -0.2) is 54.4 Å². The fraction of sp³-hybridized carbons (Fsp3) is 0.571. The molecule has 3 fully saturated rings. The Hall–Kier alpha value is -1.85. The average Bonchev–Trinajstić information content (AvgIpc) is 3.18. The molecule has 1 aromatic rings. The van der Waals surface area contributed by atoms with Gasteiger partial charge in [-0.25, -0.2) is 0 Å². The third-order valence-electron chi connectivity index (χ3n) is 7.27. The van der Waals surface area contributed by atoms with Gasteiger partial charge in [-0.2, -0.15) is 0 Å². The van der Waals surface area contributed by atoms with Gasteiger partial charge in [0.2, 0.25) is 0 Å². The molecule has 5 heteroatoms. The molecule has 1 aliphatic carbocycles. The zero-order chi connectivity index (χ0) is 17.9. The molecule has 1 saturated carbocycles. The molecule has 0 radical (unpaired) electrons. The Bertz CT molecular complexity index is 776. The molecule has 1 aromatic carbocycles. The first-order chi connectivity index (χ1) is 12.6. The summed E-state index contributed by atoms with van der Waals surface area (Å²) in [5, 5.41) is 14.1. The molecule has 2 N–H and O–H groups in total. The SMILES string of the molecule is CC(=O)OCC=C1CN2CC[C@]34c5ccccc5N[C@H]3[C@H](CO)[C@@H]1C[C@H]24. The highest BCUT2D eigenvalue weighted by atomic mass is 16.5. The number of aliphatic hydroxyl groups excluding tert-OH is 1. The Labute approximate surface area is 154 Å². The number of para-hydroxylation sites is 1. The second-order valence-electron chi connectivity index (χ2n) is 8.21. The molecule has 0 aromatic heterocycles. The standard InChI is InChI=1S/C21H26N2O3/c1-13(25)26-9-6-14-11-23-8-7-21-17-4-2-3-5-18(17)22-20(21)16(12-24)15(14)10-19(21)23/h2-6,15-16,19-20,22,24H,7-12H2,1H3/t15-,16-,19+,20+,21-/m1/s1. The lowest BCUT2D eigenvalue weighted by Crippen LogP contribution is -2.62. The monoisotopic (exact) mass is 354 g/mol. The minimum absolute atomic E-state index is 0.127. The van der Waals surface area contributed by atoms with Crippen LogP contribution >= 0.6 is 0 Å². The zero-order valence-electron chi connectivity index (χ0n) is 15.1. The van der Waals surface area contributed by atoms with Gasteiger partial charge in [0.25, 0.3) is 0 Å². The van der Waals surface area contributed by atoms with Crippen LogP contribution < -0.4 is 5.32 Å². The van der Waals surface area contributed by atoms with E-state index in [9.17, 15) is 9.90 Å². The number of anilines is 1. The smallest absolute Gasteiger partial charge is 0.302 e. The van der Waals surface area contributed by atoms with E-state index in [0.29, 0.717) is 18.6 Å². The van der Waals surface area contributed by atoms with Gasteiger partial charge in [0.1, 0.15) is 6.61 Å². The number of hydrogen-bond donors (Lipinski definition) is 2. The van der Waals surface area contributed by atoms with Crippen molar-refractivity contribution in [2.24, 2.45) is 11.8 Å². The Balaban J connectivity index is 1.54. The quantitative estimate of drug-likeness (QED) is 0.642. The lowest BCUT2D eigenvalue weighted by molar-refractivity contribution is -0.139. The first kappa shape index (κ1) is 16.3. The number of ether oxygens (including phenoxy) is 1. The second-order valence-corrected chi connectivity index (χ2v) is 8.21. The van der Waals surface area contributed by atoms with Crippen LogP contribution in [-0.2, 0) is 14.9 Å². The fourth-order valence-electron chi connectivity index (χ4n) is 6.31. The third kappa shape index (κ3) is 2.07. The highest BCUT2D eigenvalue weighted by molar-refractivity contribution is 5.66. The topological polar surface area (TPSA) is 61.8 Å². The molecule has 5 atom stereocenters. The summed E-state index contributed by atoms with van der Waals surface area (Å²) in [7, 11) is 0. The molecule has 3 heterocycles. The zero-order valence-corrected chi connectivity index (χ0v) is 15.1. The van der Waals surface area contributed by atoms with Gasteiger partial charge in [-0.1, -0.05) is 23.8 Å². The predicted molar refractivity (Wildman–Crippen MR) is 98.9 cm³/mol. The largest absolute Gasteiger partial charge is 0.462 e. The summed E-state index contributed by atoms with van der Waals surface area (Å²) >= 11 is 0. The van der Waals surface area contributed by atoms with E-state index >= 15 is 0 Å².